The van der Waals surface area contributed by atoms with E-state index in [1.54, 1.807) is 56.6 Å². The van der Waals surface area contributed by atoms with Crippen molar-refractivity contribution in [3.63, 3.8) is 0 Å². The van der Waals surface area contributed by atoms with Crippen LogP contribution in [0.25, 0.3) is 10.8 Å². The minimum atomic E-state index is -0.399. The highest BCUT2D eigenvalue weighted by Gasteiger charge is 2.10. The molecule has 0 radical (unpaired) electrons. The van der Waals surface area contributed by atoms with Crippen LogP contribution in [0, 0.1) is 0 Å². The monoisotopic (exact) mass is 324 g/mol. The summed E-state index contributed by atoms with van der Waals surface area (Å²) in [5.74, 6) is -0.0634. The van der Waals surface area contributed by atoms with Gasteiger partial charge in [0.05, 0.1) is 0 Å². The molecule has 0 atom stereocenters. The lowest BCUT2D eigenvalue weighted by Gasteiger charge is -1.94. The second kappa shape index (κ2) is 7.32. The van der Waals surface area contributed by atoms with Crippen LogP contribution in [0.3, 0.4) is 0 Å². The van der Waals surface area contributed by atoms with Gasteiger partial charge in [-0.15, -0.1) is 0 Å². The number of fused-ring (bicyclic) bond motifs is 1. The Morgan fingerprint density at radius 1 is 0.917 bits per heavy atom. The molecule has 0 spiro atoms. The molecule has 3 aromatic carbocycles. The van der Waals surface area contributed by atoms with Gasteiger partial charge in [-0.25, -0.2) is 4.99 Å². The van der Waals surface area contributed by atoms with Crippen molar-refractivity contribution >= 4 is 22.9 Å². The Labute approximate surface area is 137 Å². The number of phenolic OH excluding ortho intramolecular Hbond substituents is 1. The number of hydrogen-bond donors (Lipinski definition) is 1. The number of phenols is 1. The molecule has 6 nitrogen and oxygen atoms in total. The third-order valence-electron chi connectivity index (χ3n) is 3.17. The Morgan fingerprint density at radius 3 is 1.83 bits per heavy atom. The second-order valence-corrected chi connectivity index (χ2v) is 5.22. The van der Waals surface area contributed by atoms with Crippen molar-refractivity contribution in [2.24, 2.45) is 4.99 Å². The number of rotatable bonds is 2. The molecule has 0 aromatic heterocycles. The zero-order chi connectivity index (χ0) is 17.7. The van der Waals surface area contributed by atoms with Crippen LogP contribution in [-0.2, 0) is 4.79 Å². The maximum absolute atomic E-state index is 12.1. The van der Waals surface area contributed by atoms with Crippen LogP contribution in [0.2, 0.25) is 0 Å². The fourth-order valence-corrected chi connectivity index (χ4v) is 2.02. The summed E-state index contributed by atoms with van der Waals surface area (Å²) in [7, 11) is 3.38. The molecule has 0 saturated heterocycles. The number of nitrogens with zero attached hydrogens (tertiary/aromatic N) is 2. The van der Waals surface area contributed by atoms with Crippen molar-refractivity contribution in [2.45, 2.75) is 0 Å². The van der Waals surface area contributed by atoms with E-state index in [4.69, 9.17) is 0 Å². The number of carbonyl (C=O) groups excluding carboxylic acids is 1. The van der Waals surface area contributed by atoms with Crippen molar-refractivity contribution in [3.05, 3.63) is 74.3 Å². The molecule has 0 aliphatic heterocycles. The Balaban J connectivity index is 0.000000368. The van der Waals surface area contributed by atoms with Crippen LogP contribution in [0.15, 0.2) is 63.1 Å². The molecule has 3 aromatic rings. The quantitative estimate of drug-likeness (QED) is 0.715. The van der Waals surface area contributed by atoms with E-state index < -0.39 is 10.9 Å². The molecule has 1 N–H and O–H groups in total. The topological polar surface area (TPSA) is 87.0 Å². The molecular formula is C18H16N2O4. The number of hydrogen-bond acceptors (Lipinski definition) is 5. The lowest BCUT2D eigenvalue weighted by atomic mass is 10.2. The van der Waals surface area contributed by atoms with E-state index in [1.165, 1.54) is 11.0 Å². The number of benzene rings is 2. The van der Waals surface area contributed by atoms with Gasteiger partial charge in [0.2, 0.25) is 17.3 Å². The van der Waals surface area contributed by atoms with Crippen molar-refractivity contribution < 1.29 is 9.90 Å². The average Bonchev–Trinajstić information content (AvgIpc) is 2.83. The molecule has 0 saturated carbocycles. The van der Waals surface area contributed by atoms with Crippen molar-refractivity contribution in [1.29, 1.82) is 0 Å². The summed E-state index contributed by atoms with van der Waals surface area (Å²) in [6, 6.07) is 12.9. The van der Waals surface area contributed by atoms with E-state index in [9.17, 15) is 19.5 Å². The highest BCUT2D eigenvalue weighted by atomic mass is 16.3. The fourth-order valence-electron chi connectivity index (χ4n) is 2.02. The molecule has 1 amide bonds. The van der Waals surface area contributed by atoms with E-state index in [2.05, 4.69) is 4.99 Å². The zero-order valence-electron chi connectivity index (χ0n) is 13.3. The number of aromatic hydroxyl groups is 1. The van der Waals surface area contributed by atoms with Gasteiger partial charge < -0.3 is 10.0 Å². The predicted octanol–water partition coefficient (Wildman–Crippen LogP) is 1.08. The summed E-state index contributed by atoms with van der Waals surface area (Å²) in [4.78, 5) is 39.1. The molecule has 3 rings (SSSR count). The van der Waals surface area contributed by atoms with Gasteiger partial charge in [0.25, 0.3) is 0 Å². The fraction of sp³-hybridized carbons (Fsp3) is 0.111. The number of para-hydroxylation sites is 2. The Hall–Kier alpha value is -3.28. The standard InChI is InChI=1S/C15H9NO3.C3H7NO/c17-12-8-4-3-7-11(12)16-13-14(18)9-5-1-2-6-10(9)15(13)19;1-4(2)3-5/h1-8,17H;3H,1-2H3. The van der Waals surface area contributed by atoms with Crippen LogP contribution in [0.4, 0.5) is 5.69 Å². The first-order valence-corrected chi connectivity index (χ1v) is 7.12. The maximum Gasteiger partial charge on any atom is 0.216 e. The van der Waals surface area contributed by atoms with Crippen molar-refractivity contribution in [2.75, 3.05) is 14.1 Å². The average molecular weight is 324 g/mol. The predicted molar refractivity (Wildman–Crippen MR) is 91.9 cm³/mol. The first-order valence-electron chi connectivity index (χ1n) is 7.12. The minimum absolute atomic E-state index is 0.0634. The molecule has 0 unspecified atom stereocenters. The smallest absolute Gasteiger partial charge is 0.216 e. The molecule has 24 heavy (non-hydrogen) atoms. The summed E-state index contributed by atoms with van der Waals surface area (Å²) < 4.78 is 0. The van der Waals surface area contributed by atoms with Crippen molar-refractivity contribution in [3.8, 4) is 5.75 Å². The largest absolute Gasteiger partial charge is 0.506 e. The van der Waals surface area contributed by atoms with E-state index in [-0.39, 0.29) is 16.8 Å². The minimum Gasteiger partial charge on any atom is -0.506 e. The van der Waals surface area contributed by atoms with Crippen LogP contribution in [-0.4, -0.2) is 30.5 Å². The molecule has 0 heterocycles. The van der Waals surface area contributed by atoms with Gasteiger partial charge in [-0.2, -0.15) is 0 Å². The van der Waals surface area contributed by atoms with Crippen LogP contribution in [0.1, 0.15) is 0 Å². The molecule has 0 aliphatic rings. The Kier molecular flexibility index (Phi) is 5.21. The molecule has 0 fully saturated rings. The lowest BCUT2D eigenvalue weighted by molar-refractivity contribution is -0.115. The molecule has 0 aliphatic carbocycles. The van der Waals surface area contributed by atoms with Gasteiger partial charge in [0.1, 0.15) is 11.4 Å². The van der Waals surface area contributed by atoms with E-state index in [0.29, 0.717) is 10.8 Å². The summed E-state index contributed by atoms with van der Waals surface area (Å²) in [6.45, 7) is 0. The lowest BCUT2D eigenvalue weighted by Crippen LogP contribution is -2.31. The van der Waals surface area contributed by atoms with Crippen LogP contribution < -0.4 is 16.2 Å². The first-order chi connectivity index (χ1) is 11.5. The van der Waals surface area contributed by atoms with E-state index in [0.717, 1.165) is 6.41 Å². The van der Waals surface area contributed by atoms with Gasteiger partial charge in [-0.05, 0) is 12.1 Å². The Morgan fingerprint density at radius 2 is 1.38 bits per heavy atom. The van der Waals surface area contributed by atoms with Gasteiger partial charge in [-0.1, -0.05) is 36.4 Å². The zero-order valence-corrected chi connectivity index (χ0v) is 13.3. The SMILES string of the molecule is CN(C)C=O.O=c1c(=Nc2ccccc2O)c(=O)c2ccccc12. The first kappa shape index (κ1) is 17.1. The highest BCUT2D eigenvalue weighted by Crippen LogP contribution is 2.23. The highest BCUT2D eigenvalue weighted by molar-refractivity contribution is 5.83. The second-order valence-electron chi connectivity index (χ2n) is 5.22. The third kappa shape index (κ3) is 3.55. The molecule has 0 bridgehead atoms. The van der Waals surface area contributed by atoms with Crippen LogP contribution >= 0.6 is 0 Å². The molecule has 6 heteroatoms. The summed E-state index contributed by atoms with van der Waals surface area (Å²) in [5.41, 5.74) is -0.584. The van der Waals surface area contributed by atoms with Gasteiger partial charge in [0.15, 0.2) is 5.36 Å². The van der Waals surface area contributed by atoms with Crippen LogP contribution in [0.5, 0.6) is 5.75 Å². The normalized spacial score (nSPS) is 9.92. The van der Waals surface area contributed by atoms with Gasteiger partial charge in [0, 0.05) is 24.9 Å². The van der Waals surface area contributed by atoms with E-state index >= 15 is 0 Å². The number of amides is 1. The van der Waals surface area contributed by atoms with Gasteiger partial charge in [-0.3, -0.25) is 14.4 Å². The molecular weight excluding hydrogens is 308 g/mol. The summed E-state index contributed by atoms with van der Waals surface area (Å²) >= 11 is 0. The summed E-state index contributed by atoms with van der Waals surface area (Å²) in [5, 5.41) is 10.2. The molecule has 122 valence electrons. The maximum atomic E-state index is 12.1. The van der Waals surface area contributed by atoms with E-state index in [1.807, 2.05) is 0 Å². The third-order valence-corrected chi connectivity index (χ3v) is 3.17. The Bertz CT molecular complexity index is 965. The van der Waals surface area contributed by atoms with Crippen molar-refractivity contribution in [1.82, 2.24) is 4.90 Å². The summed E-state index contributed by atoms with van der Waals surface area (Å²) in [6.07, 6.45) is 0.750. The number of carbonyl (C=O) groups is 1. The van der Waals surface area contributed by atoms with Gasteiger partial charge >= 0.3 is 0 Å².